The Labute approximate surface area is 141 Å². The highest BCUT2D eigenvalue weighted by molar-refractivity contribution is 5.96. The van der Waals surface area contributed by atoms with Crippen LogP contribution in [0.4, 0.5) is 5.69 Å². The minimum Gasteiger partial charge on any atom is -0.493 e. The number of hydrogen-bond acceptors (Lipinski definition) is 3. The number of hydrogen-bond donors (Lipinski definition) is 1. The third-order valence-electron chi connectivity index (χ3n) is 3.76. The Bertz CT molecular complexity index is 860. The first-order valence-electron chi connectivity index (χ1n) is 7.77. The predicted molar refractivity (Wildman–Crippen MR) is 95.7 cm³/mol. The molecule has 1 N–H and O–H groups in total. The van der Waals surface area contributed by atoms with Crippen LogP contribution in [0.5, 0.6) is 11.5 Å². The number of benzene rings is 3. The number of anilines is 1. The summed E-state index contributed by atoms with van der Waals surface area (Å²) >= 11 is 0. The van der Waals surface area contributed by atoms with Crippen LogP contribution in [0.1, 0.15) is 6.92 Å². The summed E-state index contributed by atoms with van der Waals surface area (Å²) in [4.78, 5) is 12.4. The average molecular weight is 321 g/mol. The smallest absolute Gasteiger partial charge is 0.265 e. The molecule has 0 aliphatic rings. The van der Waals surface area contributed by atoms with Crippen LogP contribution in [0, 0.1) is 0 Å². The van der Waals surface area contributed by atoms with Crippen molar-refractivity contribution in [3.8, 4) is 11.5 Å². The Morgan fingerprint density at radius 2 is 1.58 bits per heavy atom. The summed E-state index contributed by atoms with van der Waals surface area (Å²) in [7, 11) is 1.57. The molecular formula is C20H19NO3. The molecule has 0 aromatic heterocycles. The van der Waals surface area contributed by atoms with Crippen LogP contribution in [0.25, 0.3) is 10.8 Å². The molecule has 0 fully saturated rings. The summed E-state index contributed by atoms with van der Waals surface area (Å²) in [5.74, 6) is 0.931. The first-order chi connectivity index (χ1) is 11.7. The van der Waals surface area contributed by atoms with Gasteiger partial charge in [-0.15, -0.1) is 0 Å². The van der Waals surface area contributed by atoms with Gasteiger partial charge in [0.1, 0.15) is 0 Å². The molecule has 0 heterocycles. The van der Waals surface area contributed by atoms with Crippen molar-refractivity contribution in [3.05, 3.63) is 66.7 Å². The van der Waals surface area contributed by atoms with Crippen molar-refractivity contribution in [1.29, 1.82) is 0 Å². The molecule has 0 bridgehead atoms. The molecular weight excluding hydrogens is 302 g/mol. The zero-order chi connectivity index (χ0) is 16.9. The van der Waals surface area contributed by atoms with Crippen LogP contribution in [0.3, 0.4) is 0 Å². The minimum absolute atomic E-state index is 0.212. The fourth-order valence-corrected chi connectivity index (χ4v) is 2.47. The van der Waals surface area contributed by atoms with Gasteiger partial charge in [-0.25, -0.2) is 0 Å². The molecule has 24 heavy (non-hydrogen) atoms. The minimum atomic E-state index is -0.646. The summed E-state index contributed by atoms with van der Waals surface area (Å²) in [6.45, 7) is 1.71. The molecule has 3 rings (SSSR count). The number of carbonyl (C=O) groups is 1. The van der Waals surface area contributed by atoms with E-state index in [4.69, 9.17) is 9.47 Å². The maximum atomic E-state index is 12.4. The zero-order valence-electron chi connectivity index (χ0n) is 13.7. The molecule has 1 amide bonds. The highest BCUT2D eigenvalue weighted by atomic mass is 16.5. The number of ether oxygens (including phenoxy) is 2. The summed E-state index contributed by atoms with van der Waals surface area (Å²) in [5.41, 5.74) is 0.745. The van der Waals surface area contributed by atoms with Crippen molar-refractivity contribution in [2.45, 2.75) is 13.0 Å². The molecule has 0 aliphatic carbocycles. The van der Waals surface area contributed by atoms with Crippen LogP contribution in [-0.2, 0) is 4.79 Å². The van der Waals surface area contributed by atoms with E-state index in [0.29, 0.717) is 11.5 Å². The summed E-state index contributed by atoms with van der Waals surface area (Å²) in [6, 6.07) is 21.1. The lowest BCUT2D eigenvalue weighted by Crippen LogP contribution is -2.30. The maximum absolute atomic E-state index is 12.4. The van der Waals surface area contributed by atoms with E-state index in [-0.39, 0.29) is 5.91 Å². The molecule has 4 nitrogen and oxygen atoms in total. The molecule has 1 atom stereocenters. The number of para-hydroxylation sites is 2. The standard InChI is InChI=1S/C20H19NO3/c1-14(24-19-10-6-5-9-18(19)23-2)20(22)21-17-12-11-15-7-3-4-8-16(15)13-17/h3-14H,1-2H3,(H,21,22)/t14-/m1/s1. The number of rotatable bonds is 5. The Hall–Kier alpha value is -3.01. The second-order valence-corrected chi connectivity index (χ2v) is 5.46. The van der Waals surface area contributed by atoms with Gasteiger partial charge in [-0.1, -0.05) is 42.5 Å². The molecule has 0 saturated heterocycles. The highest BCUT2D eigenvalue weighted by Gasteiger charge is 2.16. The van der Waals surface area contributed by atoms with Crippen molar-refractivity contribution in [2.75, 3.05) is 12.4 Å². The monoisotopic (exact) mass is 321 g/mol. The van der Waals surface area contributed by atoms with E-state index in [1.54, 1.807) is 26.2 Å². The number of methoxy groups -OCH3 is 1. The highest BCUT2D eigenvalue weighted by Crippen LogP contribution is 2.27. The van der Waals surface area contributed by atoms with Crippen LogP contribution in [0.2, 0.25) is 0 Å². The number of carbonyl (C=O) groups excluding carboxylic acids is 1. The van der Waals surface area contributed by atoms with Crippen molar-refractivity contribution in [2.24, 2.45) is 0 Å². The molecule has 0 unspecified atom stereocenters. The normalized spacial score (nSPS) is 11.8. The van der Waals surface area contributed by atoms with Crippen molar-refractivity contribution < 1.29 is 14.3 Å². The summed E-state index contributed by atoms with van der Waals surface area (Å²) in [5, 5.41) is 5.10. The largest absolute Gasteiger partial charge is 0.493 e. The number of fused-ring (bicyclic) bond motifs is 1. The van der Waals surface area contributed by atoms with E-state index >= 15 is 0 Å². The first-order valence-corrected chi connectivity index (χ1v) is 7.77. The van der Waals surface area contributed by atoms with Gasteiger partial charge in [-0.3, -0.25) is 4.79 Å². The Kier molecular flexibility index (Phi) is 4.66. The van der Waals surface area contributed by atoms with E-state index in [0.717, 1.165) is 16.5 Å². The predicted octanol–water partition coefficient (Wildman–Crippen LogP) is 4.25. The third-order valence-corrected chi connectivity index (χ3v) is 3.76. The molecule has 0 saturated carbocycles. The molecule has 0 radical (unpaired) electrons. The lowest BCUT2D eigenvalue weighted by molar-refractivity contribution is -0.122. The second kappa shape index (κ2) is 7.04. The second-order valence-electron chi connectivity index (χ2n) is 5.46. The lowest BCUT2D eigenvalue weighted by atomic mass is 10.1. The van der Waals surface area contributed by atoms with Crippen LogP contribution < -0.4 is 14.8 Å². The van der Waals surface area contributed by atoms with Crippen LogP contribution in [0.15, 0.2) is 66.7 Å². The van der Waals surface area contributed by atoms with Gasteiger partial charge in [0.25, 0.3) is 5.91 Å². The Morgan fingerprint density at radius 3 is 2.33 bits per heavy atom. The fourth-order valence-electron chi connectivity index (χ4n) is 2.47. The fraction of sp³-hybridized carbons (Fsp3) is 0.150. The van der Waals surface area contributed by atoms with Gasteiger partial charge in [0, 0.05) is 5.69 Å². The van der Waals surface area contributed by atoms with Gasteiger partial charge in [0.2, 0.25) is 0 Å². The van der Waals surface area contributed by atoms with E-state index in [9.17, 15) is 4.79 Å². The van der Waals surface area contributed by atoms with E-state index in [1.807, 2.05) is 54.6 Å². The molecule has 4 heteroatoms. The number of amides is 1. The van der Waals surface area contributed by atoms with Gasteiger partial charge < -0.3 is 14.8 Å². The Balaban J connectivity index is 1.71. The van der Waals surface area contributed by atoms with E-state index in [1.165, 1.54) is 0 Å². The summed E-state index contributed by atoms with van der Waals surface area (Å²) in [6.07, 6.45) is -0.646. The average Bonchev–Trinajstić information content (AvgIpc) is 2.62. The first kappa shape index (κ1) is 15.9. The molecule has 0 spiro atoms. The van der Waals surface area contributed by atoms with Crippen molar-refractivity contribution in [1.82, 2.24) is 0 Å². The maximum Gasteiger partial charge on any atom is 0.265 e. The van der Waals surface area contributed by atoms with E-state index in [2.05, 4.69) is 5.32 Å². The van der Waals surface area contributed by atoms with Gasteiger partial charge in [-0.05, 0) is 42.0 Å². The van der Waals surface area contributed by atoms with Crippen LogP contribution >= 0.6 is 0 Å². The number of nitrogens with one attached hydrogen (secondary N) is 1. The van der Waals surface area contributed by atoms with Crippen molar-refractivity contribution in [3.63, 3.8) is 0 Å². The molecule has 0 aliphatic heterocycles. The molecule has 3 aromatic carbocycles. The Morgan fingerprint density at radius 1 is 0.917 bits per heavy atom. The summed E-state index contributed by atoms with van der Waals surface area (Å²) < 4.78 is 11.0. The zero-order valence-corrected chi connectivity index (χ0v) is 13.7. The van der Waals surface area contributed by atoms with Gasteiger partial charge in [0.05, 0.1) is 7.11 Å². The van der Waals surface area contributed by atoms with Crippen LogP contribution in [-0.4, -0.2) is 19.1 Å². The van der Waals surface area contributed by atoms with E-state index < -0.39 is 6.10 Å². The topological polar surface area (TPSA) is 47.6 Å². The third kappa shape index (κ3) is 3.49. The SMILES string of the molecule is COc1ccccc1O[C@H](C)C(=O)Nc1ccc2ccccc2c1. The quantitative estimate of drug-likeness (QED) is 0.764. The lowest BCUT2D eigenvalue weighted by Gasteiger charge is -2.16. The van der Waals surface area contributed by atoms with Crippen molar-refractivity contribution >= 4 is 22.4 Å². The van der Waals surface area contributed by atoms with Gasteiger partial charge >= 0.3 is 0 Å². The molecule has 122 valence electrons. The molecule has 3 aromatic rings. The van der Waals surface area contributed by atoms with Gasteiger partial charge in [-0.2, -0.15) is 0 Å². The van der Waals surface area contributed by atoms with Gasteiger partial charge in [0.15, 0.2) is 17.6 Å².